The molecule has 0 bridgehead atoms. The molecule has 28 heavy (non-hydrogen) atoms. The van der Waals surface area contributed by atoms with Crippen molar-refractivity contribution in [1.82, 2.24) is 9.97 Å². The van der Waals surface area contributed by atoms with Crippen molar-refractivity contribution in [2.45, 2.75) is 6.42 Å². The van der Waals surface area contributed by atoms with E-state index in [1.807, 2.05) is 66.7 Å². The number of carbonyl (C=O) groups excluding carboxylic acids is 1. The van der Waals surface area contributed by atoms with Crippen LogP contribution in [0.3, 0.4) is 0 Å². The zero-order valence-electron chi connectivity index (χ0n) is 14.9. The summed E-state index contributed by atoms with van der Waals surface area (Å²) >= 11 is 0. The minimum Gasteiger partial charge on any atom is -0.454 e. The molecule has 6 heteroatoms. The van der Waals surface area contributed by atoms with Gasteiger partial charge in [-0.2, -0.15) is 0 Å². The van der Waals surface area contributed by atoms with Gasteiger partial charge in [0.2, 0.25) is 12.7 Å². The van der Waals surface area contributed by atoms with Crippen LogP contribution in [0.2, 0.25) is 0 Å². The van der Waals surface area contributed by atoms with Gasteiger partial charge < -0.3 is 19.8 Å². The molecule has 0 spiro atoms. The summed E-state index contributed by atoms with van der Waals surface area (Å²) in [5.41, 5.74) is 4.27. The van der Waals surface area contributed by atoms with Gasteiger partial charge >= 0.3 is 0 Å². The second kappa shape index (κ2) is 6.74. The first-order valence-electron chi connectivity index (χ1n) is 8.99. The molecule has 4 aromatic rings. The van der Waals surface area contributed by atoms with Gasteiger partial charge in [0.15, 0.2) is 11.5 Å². The molecule has 0 atom stereocenters. The molecule has 3 aromatic carbocycles. The van der Waals surface area contributed by atoms with Crippen LogP contribution in [0.25, 0.3) is 22.4 Å². The fourth-order valence-electron chi connectivity index (χ4n) is 3.31. The fourth-order valence-corrected chi connectivity index (χ4v) is 3.31. The first-order chi connectivity index (χ1) is 13.8. The van der Waals surface area contributed by atoms with Crippen molar-refractivity contribution in [3.63, 3.8) is 0 Å². The van der Waals surface area contributed by atoms with Gasteiger partial charge in [0.05, 0.1) is 23.1 Å². The Kier molecular flexibility index (Phi) is 3.94. The predicted octanol–water partition coefficient (Wildman–Crippen LogP) is 4.14. The van der Waals surface area contributed by atoms with E-state index >= 15 is 0 Å². The number of nitrogens with zero attached hydrogens (tertiary/aromatic N) is 1. The lowest BCUT2D eigenvalue weighted by Crippen LogP contribution is -2.15. The number of fused-ring (bicyclic) bond motifs is 2. The zero-order chi connectivity index (χ0) is 18.9. The lowest BCUT2D eigenvalue weighted by molar-refractivity contribution is -0.115. The molecule has 1 aromatic heterocycles. The van der Waals surface area contributed by atoms with Crippen LogP contribution in [0.4, 0.5) is 5.69 Å². The monoisotopic (exact) mass is 371 g/mol. The number of hydrogen-bond acceptors (Lipinski definition) is 4. The van der Waals surface area contributed by atoms with E-state index in [0.717, 1.165) is 28.0 Å². The van der Waals surface area contributed by atoms with Crippen LogP contribution in [0.1, 0.15) is 5.56 Å². The van der Waals surface area contributed by atoms with Gasteiger partial charge in [-0.05, 0) is 42.0 Å². The van der Waals surface area contributed by atoms with Crippen molar-refractivity contribution in [1.29, 1.82) is 0 Å². The van der Waals surface area contributed by atoms with E-state index < -0.39 is 0 Å². The van der Waals surface area contributed by atoms with Gasteiger partial charge in [0.1, 0.15) is 5.82 Å². The standard InChI is InChI=1S/C22H17N3O3/c26-21(12-14-9-10-19-20(11-14)28-13-27-19)23-16-6-2-1-5-15(16)22-24-17-7-3-4-8-18(17)25-22/h1-11H,12-13H2,(H,23,26)(H,24,25). The quantitative estimate of drug-likeness (QED) is 0.565. The Balaban J connectivity index is 1.39. The molecule has 1 aliphatic rings. The Morgan fingerprint density at radius 2 is 1.82 bits per heavy atom. The van der Waals surface area contributed by atoms with Crippen LogP contribution >= 0.6 is 0 Å². The molecule has 1 aliphatic heterocycles. The summed E-state index contributed by atoms with van der Waals surface area (Å²) in [6.45, 7) is 0.218. The maximum absolute atomic E-state index is 12.6. The number of para-hydroxylation sites is 3. The third-order valence-electron chi connectivity index (χ3n) is 4.65. The molecule has 0 saturated heterocycles. The van der Waals surface area contributed by atoms with Crippen LogP contribution in [-0.2, 0) is 11.2 Å². The van der Waals surface area contributed by atoms with E-state index in [1.165, 1.54) is 0 Å². The third kappa shape index (κ3) is 3.05. The number of benzene rings is 3. The molecule has 5 rings (SSSR count). The van der Waals surface area contributed by atoms with Gasteiger partial charge in [0, 0.05) is 5.56 Å². The number of aromatic amines is 1. The van der Waals surface area contributed by atoms with E-state index in [4.69, 9.17) is 9.47 Å². The molecule has 0 unspecified atom stereocenters. The van der Waals surface area contributed by atoms with Crippen LogP contribution in [0, 0.1) is 0 Å². The number of H-pyrrole nitrogens is 1. The number of rotatable bonds is 4. The van der Waals surface area contributed by atoms with Crippen LogP contribution in [0.5, 0.6) is 11.5 Å². The van der Waals surface area contributed by atoms with Gasteiger partial charge in [-0.3, -0.25) is 4.79 Å². The average molecular weight is 371 g/mol. The minimum absolute atomic E-state index is 0.109. The second-order valence-corrected chi connectivity index (χ2v) is 6.56. The third-order valence-corrected chi connectivity index (χ3v) is 4.65. The number of anilines is 1. The van der Waals surface area contributed by atoms with Gasteiger partial charge in [-0.25, -0.2) is 4.98 Å². The summed E-state index contributed by atoms with van der Waals surface area (Å²) in [5, 5.41) is 3.00. The first-order valence-corrected chi connectivity index (χ1v) is 8.99. The maximum atomic E-state index is 12.6. The van der Waals surface area contributed by atoms with Crippen molar-refractivity contribution >= 4 is 22.6 Å². The molecule has 2 heterocycles. The van der Waals surface area contributed by atoms with E-state index in [-0.39, 0.29) is 19.1 Å². The number of ether oxygens (including phenoxy) is 2. The van der Waals surface area contributed by atoms with Crippen molar-refractivity contribution in [2.75, 3.05) is 12.1 Å². The number of amides is 1. The molecular formula is C22H17N3O3. The van der Waals surface area contributed by atoms with Gasteiger partial charge in [-0.15, -0.1) is 0 Å². The fraction of sp³-hybridized carbons (Fsp3) is 0.0909. The van der Waals surface area contributed by atoms with E-state index in [1.54, 1.807) is 0 Å². The van der Waals surface area contributed by atoms with Crippen LogP contribution < -0.4 is 14.8 Å². The maximum Gasteiger partial charge on any atom is 0.231 e. The second-order valence-electron chi connectivity index (χ2n) is 6.56. The summed E-state index contributed by atoms with van der Waals surface area (Å²) < 4.78 is 10.7. The van der Waals surface area contributed by atoms with Crippen molar-refractivity contribution < 1.29 is 14.3 Å². The van der Waals surface area contributed by atoms with Gasteiger partial charge in [0.25, 0.3) is 0 Å². The predicted molar refractivity (Wildman–Crippen MR) is 106 cm³/mol. The lowest BCUT2D eigenvalue weighted by Gasteiger charge is -2.10. The Hall–Kier alpha value is -3.80. The van der Waals surface area contributed by atoms with Crippen LogP contribution in [-0.4, -0.2) is 22.7 Å². The minimum atomic E-state index is -0.109. The largest absolute Gasteiger partial charge is 0.454 e. The molecule has 0 aliphatic carbocycles. The smallest absolute Gasteiger partial charge is 0.231 e. The summed E-state index contributed by atoms with van der Waals surface area (Å²) in [6.07, 6.45) is 0.241. The summed E-state index contributed by atoms with van der Waals surface area (Å²) in [4.78, 5) is 20.6. The van der Waals surface area contributed by atoms with Crippen molar-refractivity contribution in [3.05, 3.63) is 72.3 Å². The number of aromatic nitrogens is 2. The van der Waals surface area contributed by atoms with Gasteiger partial charge in [-0.1, -0.05) is 30.3 Å². The first kappa shape index (κ1) is 16.4. The van der Waals surface area contributed by atoms with E-state index in [2.05, 4.69) is 15.3 Å². The Morgan fingerprint density at radius 1 is 1.00 bits per heavy atom. The molecular weight excluding hydrogens is 354 g/mol. The highest BCUT2D eigenvalue weighted by Gasteiger charge is 2.16. The molecule has 0 radical (unpaired) electrons. The highest BCUT2D eigenvalue weighted by Crippen LogP contribution is 2.33. The Labute approximate surface area is 161 Å². The molecule has 6 nitrogen and oxygen atoms in total. The summed E-state index contributed by atoms with van der Waals surface area (Å²) in [7, 11) is 0. The van der Waals surface area contributed by atoms with Crippen molar-refractivity contribution in [3.8, 4) is 22.9 Å². The van der Waals surface area contributed by atoms with Crippen LogP contribution in [0.15, 0.2) is 66.7 Å². The Morgan fingerprint density at radius 3 is 2.75 bits per heavy atom. The van der Waals surface area contributed by atoms with E-state index in [0.29, 0.717) is 17.2 Å². The number of carbonyl (C=O) groups is 1. The lowest BCUT2D eigenvalue weighted by atomic mass is 10.1. The number of hydrogen-bond donors (Lipinski definition) is 2. The van der Waals surface area contributed by atoms with Crippen molar-refractivity contribution in [2.24, 2.45) is 0 Å². The highest BCUT2D eigenvalue weighted by atomic mass is 16.7. The normalized spacial score (nSPS) is 12.3. The number of nitrogens with one attached hydrogen (secondary N) is 2. The SMILES string of the molecule is O=C(Cc1ccc2c(c1)OCO2)Nc1ccccc1-c1nc2ccccc2[nH]1. The molecule has 138 valence electrons. The average Bonchev–Trinajstić information content (AvgIpc) is 3.34. The summed E-state index contributed by atoms with van der Waals surface area (Å²) in [5.74, 6) is 2.00. The number of imidazole rings is 1. The highest BCUT2D eigenvalue weighted by molar-refractivity contribution is 5.96. The zero-order valence-corrected chi connectivity index (χ0v) is 14.9. The van der Waals surface area contributed by atoms with E-state index in [9.17, 15) is 4.79 Å². The topological polar surface area (TPSA) is 76.2 Å². The Bertz CT molecular complexity index is 1150. The molecule has 0 fully saturated rings. The molecule has 2 N–H and O–H groups in total. The molecule has 1 amide bonds. The summed E-state index contributed by atoms with van der Waals surface area (Å²) in [6, 6.07) is 21.0. The molecule has 0 saturated carbocycles.